The van der Waals surface area contributed by atoms with Gasteiger partial charge in [-0.25, -0.2) is 19.9 Å². The van der Waals surface area contributed by atoms with Crippen molar-refractivity contribution in [1.82, 2.24) is 29.4 Å². The summed E-state index contributed by atoms with van der Waals surface area (Å²) in [7, 11) is 1.55. The van der Waals surface area contributed by atoms with Gasteiger partial charge in [-0.15, -0.1) is 0 Å². The Balaban J connectivity index is 1.41. The van der Waals surface area contributed by atoms with Crippen LogP contribution >= 0.6 is 0 Å². The van der Waals surface area contributed by atoms with Gasteiger partial charge in [0.2, 0.25) is 5.88 Å². The van der Waals surface area contributed by atoms with Gasteiger partial charge >= 0.3 is 0 Å². The average molecular weight is 365 g/mol. The Kier molecular flexibility index (Phi) is 4.65. The first-order valence-electron chi connectivity index (χ1n) is 8.59. The molecule has 1 saturated heterocycles. The topological polar surface area (TPSA) is 89.3 Å². The van der Waals surface area contributed by atoms with Crippen molar-refractivity contribution in [2.75, 3.05) is 38.2 Å². The minimum Gasteiger partial charge on any atom is -0.481 e. The average Bonchev–Trinajstić information content (AvgIpc) is 3.29. The third-order valence-corrected chi connectivity index (χ3v) is 4.49. The Morgan fingerprint density at radius 3 is 2.56 bits per heavy atom. The van der Waals surface area contributed by atoms with Crippen molar-refractivity contribution < 1.29 is 9.53 Å². The first-order valence-corrected chi connectivity index (χ1v) is 8.59. The molecule has 9 heteroatoms. The van der Waals surface area contributed by atoms with E-state index in [4.69, 9.17) is 4.74 Å². The molecule has 0 bridgehead atoms. The minimum absolute atomic E-state index is 0.0217. The van der Waals surface area contributed by atoms with Crippen LogP contribution in [0.3, 0.4) is 0 Å². The fourth-order valence-corrected chi connectivity index (χ4v) is 2.99. The number of carbonyl (C=O) groups excluding carboxylic acids is 1. The second kappa shape index (κ2) is 7.40. The first-order chi connectivity index (χ1) is 13.2. The Bertz CT molecular complexity index is 904. The van der Waals surface area contributed by atoms with E-state index in [0.717, 1.165) is 11.6 Å². The van der Waals surface area contributed by atoms with Crippen molar-refractivity contribution in [3.05, 3.63) is 55.0 Å². The highest BCUT2D eigenvalue weighted by Crippen LogP contribution is 2.17. The molecule has 9 nitrogen and oxygen atoms in total. The van der Waals surface area contributed by atoms with E-state index in [1.54, 1.807) is 44.3 Å². The zero-order valence-corrected chi connectivity index (χ0v) is 14.9. The molecule has 4 rings (SSSR count). The number of ether oxygens (including phenoxy) is 1. The molecule has 0 atom stereocenters. The number of pyridine rings is 1. The van der Waals surface area contributed by atoms with E-state index >= 15 is 0 Å². The molecule has 0 spiro atoms. The molecule has 0 saturated carbocycles. The van der Waals surface area contributed by atoms with Crippen molar-refractivity contribution in [2.45, 2.75) is 0 Å². The summed E-state index contributed by atoms with van der Waals surface area (Å²) in [5.41, 5.74) is 0.564. The maximum absolute atomic E-state index is 12.6. The van der Waals surface area contributed by atoms with Crippen molar-refractivity contribution in [2.24, 2.45) is 0 Å². The van der Waals surface area contributed by atoms with Gasteiger partial charge in [-0.3, -0.25) is 9.36 Å². The van der Waals surface area contributed by atoms with E-state index in [9.17, 15) is 4.79 Å². The second-order valence-corrected chi connectivity index (χ2v) is 6.07. The van der Waals surface area contributed by atoms with Gasteiger partial charge in [-0.2, -0.15) is 0 Å². The van der Waals surface area contributed by atoms with Gasteiger partial charge in [-0.1, -0.05) is 0 Å². The summed E-state index contributed by atoms with van der Waals surface area (Å²) in [5.74, 6) is 2.08. The second-order valence-electron chi connectivity index (χ2n) is 6.07. The molecule has 4 heterocycles. The molecule has 0 radical (unpaired) electrons. The van der Waals surface area contributed by atoms with Crippen molar-refractivity contribution in [1.29, 1.82) is 0 Å². The summed E-state index contributed by atoms with van der Waals surface area (Å²) >= 11 is 0. The van der Waals surface area contributed by atoms with Crippen LogP contribution in [0.15, 0.2) is 49.4 Å². The number of piperazine rings is 1. The summed E-state index contributed by atoms with van der Waals surface area (Å²) in [6.45, 7) is 2.65. The van der Waals surface area contributed by atoms with Crippen molar-refractivity contribution >= 4 is 11.7 Å². The Hall–Kier alpha value is -3.49. The Morgan fingerprint density at radius 2 is 1.89 bits per heavy atom. The molecular weight excluding hydrogens is 346 g/mol. The Labute approximate surface area is 156 Å². The van der Waals surface area contributed by atoms with E-state index in [-0.39, 0.29) is 5.91 Å². The minimum atomic E-state index is -0.0217. The van der Waals surface area contributed by atoms with Gasteiger partial charge in [-0.05, 0) is 6.07 Å². The number of anilines is 1. The van der Waals surface area contributed by atoms with E-state index in [1.807, 2.05) is 21.7 Å². The predicted molar refractivity (Wildman–Crippen MR) is 98.1 cm³/mol. The lowest BCUT2D eigenvalue weighted by molar-refractivity contribution is 0.0746. The number of imidazole rings is 1. The van der Waals surface area contributed by atoms with Crippen LogP contribution < -0.4 is 9.64 Å². The zero-order valence-electron chi connectivity index (χ0n) is 14.9. The predicted octanol–water partition coefficient (Wildman–Crippen LogP) is 1.03. The van der Waals surface area contributed by atoms with Crippen molar-refractivity contribution in [3.8, 4) is 11.7 Å². The number of nitrogens with zero attached hydrogens (tertiary/aromatic N) is 7. The first kappa shape index (κ1) is 17.0. The summed E-state index contributed by atoms with van der Waals surface area (Å²) in [6.07, 6.45) is 8.35. The fourth-order valence-electron chi connectivity index (χ4n) is 2.99. The summed E-state index contributed by atoms with van der Waals surface area (Å²) in [4.78, 5) is 33.4. The number of amides is 1. The molecule has 3 aromatic heterocycles. The number of rotatable bonds is 4. The maximum atomic E-state index is 12.6. The summed E-state index contributed by atoms with van der Waals surface area (Å²) in [5, 5.41) is 0. The van der Waals surface area contributed by atoms with Gasteiger partial charge in [0, 0.05) is 56.9 Å². The highest BCUT2D eigenvalue weighted by molar-refractivity contribution is 5.94. The SMILES string of the molecule is COc1ccc(C(=O)N2CCN(c3cc(-n4ccnc4)ncn3)CC2)cn1. The molecule has 1 aliphatic heterocycles. The van der Waals surface area contributed by atoms with Gasteiger partial charge < -0.3 is 14.5 Å². The van der Waals surface area contributed by atoms with Crippen molar-refractivity contribution in [3.63, 3.8) is 0 Å². The molecule has 1 fully saturated rings. The standard InChI is InChI=1S/C18H19N7O2/c1-27-17-3-2-14(11-20-17)18(26)24-8-6-23(7-9-24)15-10-16(22-12-21-15)25-5-4-19-13-25/h2-5,10-13H,6-9H2,1H3. The van der Waals surface area contributed by atoms with Crippen LogP contribution in [0.4, 0.5) is 5.82 Å². The van der Waals surface area contributed by atoms with E-state index in [0.29, 0.717) is 37.6 Å². The van der Waals surface area contributed by atoms with Gasteiger partial charge in [0.1, 0.15) is 24.3 Å². The molecule has 1 aliphatic rings. The number of hydrogen-bond donors (Lipinski definition) is 0. The lowest BCUT2D eigenvalue weighted by Crippen LogP contribution is -2.49. The van der Waals surface area contributed by atoms with Gasteiger partial charge in [0.15, 0.2) is 0 Å². The van der Waals surface area contributed by atoms with Crippen LogP contribution in [0.2, 0.25) is 0 Å². The fraction of sp³-hybridized carbons (Fsp3) is 0.278. The lowest BCUT2D eigenvalue weighted by atomic mass is 10.2. The number of aromatic nitrogens is 5. The molecular formula is C18H19N7O2. The lowest BCUT2D eigenvalue weighted by Gasteiger charge is -2.35. The van der Waals surface area contributed by atoms with E-state index in [2.05, 4.69) is 24.8 Å². The summed E-state index contributed by atoms with van der Waals surface area (Å²) in [6, 6.07) is 5.36. The number of hydrogen-bond acceptors (Lipinski definition) is 7. The number of carbonyl (C=O) groups is 1. The van der Waals surface area contributed by atoms with Crippen LogP contribution in [-0.4, -0.2) is 68.6 Å². The molecule has 1 amide bonds. The van der Waals surface area contributed by atoms with Crippen LogP contribution in [0.1, 0.15) is 10.4 Å². The molecule has 0 unspecified atom stereocenters. The maximum Gasteiger partial charge on any atom is 0.255 e. The monoisotopic (exact) mass is 365 g/mol. The normalized spacial score (nSPS) is 14.3. The molecule has 0 N–H and O–H groups in total. The summed E-state index contributed by atoms with van der Waals surface area (Å²) < 4.78 is 6.87. The van der Waals surface area contributed by atoms with Crippen LogP contribution in [0.5, 0.6) is 5.88 Å². The van der Waals surface area contributed by atoms with E-state index in [1.165, 1.54) is 0 Å². The van der Waals surface area contributed by atoms with Gasteiger partial charge in [0.05, 0.1) is 12.7 Å². The molecule has 138 valence electrons. The largest absolute Gasteiger partial charge is 0.481 e. The van der Waals surface area contributed by atoms with Gasteiger partial charge in [0.25, 0.3) is 5.91 Å². The zero-order chi connectivity index (χ0) is 18.6. The molecule has 27 heavy (non-hydrogen) atoms. The highest BCUT2D eigenvalue weighted by Gasteiger charge is 2.23. The quantitative estimate of drug-likeness (QED) is 0.682. The number of methoxy groups -OCH3 is 1. The van der Waals surface area contributed by atoms with Crippen LogP contribution in [-0.2, 0) is 0 Å². The van der Waals surface area contributed by atoms with Crippen LogP contribution in [0.25, 0.3) is 5.82 Å². The molecule has 0 aromatic carbocycles. The molecule has 3 aromatic rings. The highest BCUT2D eigenvalue weighted by atomic mass is 16.5. The third kappa shape index (κ3) is 3.57. The molecule has 0 aliphatic carbocycles. The third-order valence-electron chi connectivity index (χ3n) is 4.49. The van der Waals surface area contributed by atoms with Crippen LogP contribution in [0, 0.1) is 0 Å². The van der Waals surface area contributed by atoms with E-state index < -0.39 is 0 Å². The smallest absolute Gasteiger partial charge is 0.255 e. The Morgan fingerprint density at radius 1 is 1.07 bits per heavy atom.